The van der Waals surface area contributed by atoms with Gasteiger partial charge in [-0.3, -0.25) is 0 Å². The van der Waals surface area contributed by atoms with Gasteiger partial charge in [0.1, 0.15) is 0 Å². The molecule has 6 heteroatoms. The number of hydrogen-bond donors (Lipinski definition) is 2. The Morgan fingerprint density at radius 2 is 0.923 bits per heavy atom. The van der Waals surface area contributed by atoms with Crippen molar-refractivity contribution in [1.29, 1.82) is 0 Å². The van der Waals surface area contributed by atoms with Crippen LogP contribution in [-0.2, 0) is 13.1 Å². The van der Waals surface area contributed by atoms with E-state index in [1.807, 2.05) is 0 Å². The van der Waals surface area contributed by atoms with Crippen molar-refractivity contribution in [3.63, 3.8) is 0 Å². The van der Waals surface area contributed by atoms with Gasteiger partial charge in [0.05, 0.1) is 13.1 Å². The van der Waals surface area contributed by atoms with Gasteiger partial charge >= 0.3 is 0 Å². The first-order chi connectivity index (χ1) is 11.5. The van der Waals surface area contributed by atoms with Crippen LogP contribution in [0.5, 0.6) is 0 Å². The molecule has 0 fully saturated rings. The molecule has 0 spiro atoms. The Kier molecular flexibility index (Phi) is 16.1. The normalized spacial score (nSPS) is 9.85. The van der Waals surface area contributed by atoms with E-state index < -0.39 is 0 Å². The molecule has 4 N–H and O–H groups in total. The van der Waals surface area contributed by atoms with Gasteiger partial charge in [-0.15, -0.1) is 0 Å². The van der Waals surface area contributed by atoms with Gasteiger partial charge in [0.25, 0.3) is 0 Å². The molecule has 0 aliphatic carbocycles. The van der Waals surface area contributed by atoms with Crippen LogP contribution < -0.4 is 54.6 Å². The van der Waals surface area contributed by atoms with Crippen LogP contribution in [-0.4, -0.2) is 13.1 Å². The largest absolute Gasteiger partial charge is 1.00 e. The number of pyridine rings is 2. The maximum Gasteiger partial charge on any atom is 0.169 e. The summed E-state index contributed by atoms with van der Waals surface area (Å²) in [7, 11) is 0. The van der Waals surface area contributed by atoms with Crippen molar-refractivity contribution in [2.24, 2.45) is 11.5 Å². The Morgan fingerprint density at radius 3 is 1.12 bits per heavy atom. The first-order valence-electron chi connectivity index (χ1n) is 8.86. The van der Waals surface area contributed by atoms with Crippen LogP contribution in [0.25, 0.3) is 0 Å². The SMILES string of the molecule is CC(C)c1cc[n+](CCN)cc1.CC(C)c1cc[n+](CCN)cc1.[Br-].[Br-]. The molecule has 0 bridgehead atoms. The fourth-order valence-electron chi connectivity index (χ4n) is 2.30. The molecular formula is C20H34Br2N4. The van der Waals surface area contributed by atoms with Crippen LogP contribution in [0.4, 0.5) is 0 Å². The van der Waals surface area contributed by atoms with E-state index in [-0.39, 0.29) is 34.0 Å². The van der Waals surface area contributed by atoms with Gasteiger partial charge in [-0.05, 0) is 23.0 Å². The van der Waals surface area contributed by atoms with E-state index in [0.717, 1.165) is 13.1 Å². The van der Waals surface area contributed by atoms with Gasteiger partial charge in [0.2, 0.25) is 0 Å². The third-order valence-electron chi connectivity index (χ3n) is 3.94. The van der Waals surface area contributed by atoms with Crippen molar-refractivity contribution in [1.82, 2.24) is 0 Å². The zero-order valence-electron chi connectivity index (χ0n) is 16.4. The lowest BCUT2D eigenvalue weighted by atomic mass is 10.1. The summed E-state index contributed by atoms with van der Waals surface area (Å²) in [6, 6.07) is 8.61. The lowest BCUT2D eigenvalue weighted by molar-refractivity contribution is -0.694. The Hall–Kier alpha value is -0.820. The average Bonchev–Trinajstić information content (AvgIpc) is 2.57. The number of aromatic nitrogens is 2. The molecule has 0 amide bonds. The van der Waals surface area contributed by atoms with Gasteiger partial charge in [0, 0.05) is 24.3 Å². The van der Waals surface area contributed by atoms with E-state index in [1.165, 1.54) is 11.1 Å². The average molecular weight is 490 g/mol. The monoisotopic (exact) mass is 488 g/mol. The minimum absolute atomic E-state index is 0. The molecule has 0 aliphatic heterocycles. The van der Waals surface area contributed by atoms with Crippen LogP contribution in [0.15, 0.2) is 49.1 Å². The van der Waals surface area contributed by atoms with Gasteiger partial charge in [-0.2, -0.15) is 0 Å². The lowest BCUT2D eigenvalue weighted by Crippen LogP contribution is -3.00. The van der Waals surface area contributed by atoms with E-state index in [1.54, 1.807) is 0 Å². The summed E-state index contributed by atoms with van der Waals surface area (Å²) >= 11 is 0. The summed E-state index contributed by atoms with van der Waals surface area (Å²) < 4.78 is 4.21. The zero-order chi connectivity index (χ0) is 17.9. The van der Waals surface area contributed by atoms with Gasteiger partial charge in [-0.1, -0.05) is 27.7 Å². The highest BCUT2D eigenvalue weighted by molar-refractivity contribution is 5.12. The molecule has 2 aromatic rings. The highest BCUT2D eigenvalue weighted by atomic mass is 79.9. The van der Waals surface area contributed by atoms with Crippen LogP contribution in [0.1, 0.15) is 50.7 Å². The lowest BCUT2D eigenvalue weighted by Gasteiger charge is -2.02. The molecule has 2 rings (SSSR count). The summed E-state index contributed by atoms with van der Waals surface area (Å²) in [5.74, 6) is 1.22. The van der Waals surface area contributed by atoms with E-state index in [0.29, 0.717) is 24.9 Å². The molecule has 148 valence electrons. The molecule has 0 aliphatic rings. The Bertz CT molecular complexity index is 516. The van der Waals surface area contributed by atoms with Gasteiger partial charge < -0.3 is 45.4 Å². The molecule has 0 atom stereocenters. The predicted octanol–water partition coefficient (Wildman–Crippen LogP) is -3.88. The first kappa shape index (κ1) is 27.4. The third kappa shape index (κ3) is 10.4. The maximum atomic E-state index is 5.44. The van der Waals surface area contributed by atoms with Crippen molar-refractivity contribution in [3.8, 4) is 0 Å². The van der Waals surface area contributed by atoms with E-state index in [2.05, 4.69) is 85.9 Å². The van der Waals surface area contributed by atoms with Gasteiger partial charge in [-0.25, -0.2) is 9.13 Å². The molecule has 2 heterocycles. The molecule has 0 radical (unpaired) electrons. The Balaban J connectivity index is 0. The van der Waals surface area contributed by atoms with Crippen molar-refractivity contribution in [2.45, 2.75) is 52.6 Å². The summed E-state index contributed by atoms with van der Waals surface area (Å²) in [5, 5.41) is 0. The Labute approximate surface area is 180 Å². The highest BCUT2D eigenvalue weighted by Crippen LogP contribution is 2.11. The number of rotatable bonds is 6. The summed E-state index contributed by atoms with van der Waals surface area (Å²) in [6.07, 6.45) is 8.34. The molecule has 2 aromatic heterocycles. The molecule has 4 nitrogen and oxygen atoms in total. The van der Waals surface area contributed by atoms with Crippen LogP contribution in [0.3, 0.4) is 0 Å². The second-order valence-corrected chi connectivity index (χ2v) is 6.63. The standard InChI is InChI=1S/2C10H17N2.2BrH/c2*1-9(2)10-3-6-12(7-4-10)8-5-11;;/h2*3-4,6-7,9H,5,8,11H2,1-2H3;2*1H/q2*+1;;/p-2. The molecular weight excluding hydrogens is 456 g/mol. The highest BCUT2D eigenvalue weighted by Gasteiger charge is 2.02. The quantitative estimate of drug-likeness (QED) is 0.408. The number of nitrogens with zero attached hydrogens (tertiary/aromatic N) is 2. The topological polar surface area (TPSA) is 59.8 Å². The zero-order valence-corrected chi connectivity index (χ0v) is 19.6. The Morgan fingerprint density at radius 1 is 0.654 bits per heavy atom. The smallest absolute Gasteiger partial charge is 0.169 e. The fourth-order valence-corrected chi connectivity index (χ4v) is 2.30. The molecule has 0 saturated carbocycles. The summed E-state index contributed by atoms with van der Waals surface area (Å²) in [4.78, 5) is 0. The van der Waals surface area contributed by atoms with Crippen LogP contribution in [0.2, 0.25) is 0 Å². The predicted molar refractivity (Wildman–Crippen MR) is 99.6 cm³/mol. The molecule has 0 aromatic carbocycles. The van der Waals surface area contributed by atoms with E-state index >= 15 is 0 Å². The van der Waals surface area contributed by atoms with Crippen molar-refractivity contribution >= 4 is 0 Å². The second kappa shape index (κ2) is 15.3. The molecule has 0 unspecified atom stereocenters. The van der Waals surface area contributed by atoms with Crippen molar-refractivity contribution in [2.75, 3.05) is 13.1 Å². The van der Waals surface area contributed by atoms with Crippen molar-refractivity contribution < 1.29 is 43.1 Å². The minimum Gasteiger partial charge on any atom is -1.00 e. The van der Waals surface area contributed by atoms with E-state index in [9.17, 15) is 0 Å². The van der Waals surface area contributed by atoms with Crippen LogP contribution in [0, 0.1) is 0 Å². The fraction of sp³-hybridized carbons (Fsp3) is 0.500. The minimum atomic E-state index is 0. The van der Waals surface area contributed by atoms with Gasteiger partial charge in [0.15, 0.2) is 37.9 Å². The third-order valence-corrected chi connectivity index (χ3v) is 3.94. The maximum absolute atomic E-state index is 5.44. The second-order valence-electron chi connectivity index (χ2n) is 6.63. The summed E-state index contributed by atoms with van der Waals surface area (Å²) in [6.45, 7) is 12.0. The number of halogens is 2. The number of hydrogen-bond acceptors (Lipinski definition) is 2. The van der Waals surface area contributed by atoms with E-state index in [4.69, 9.17) is 11.5 Å². The molecule has 26 heavy (non-hydrogen) atoms. The number of nitrogens with two attached hydrogens (primary N) is 2. The van der Waals surface area contributed by atoms with Crippen LogP contribution >= 0.6 is 0 Å². The van der Waals surface area contributed by atoms with Crippen molar-refractivity contribution in [3.05, 3.63) is 60.2 Å². The summed E-state index contributed by atoms with van der Waals surface area (Å²) in [5.41, 5.74) is 13.6. The first-order valence-corrected chi connectivity index (χ1v) is 8.86. The molecule has 0 saturated heterocycles.